The lowest BCUT2D eigenvalue weighted by molar-refractivity contribution is 0.259. The molecular formula is C24H37IN4O3. The highest BCUT2D eigenvalue weighted by molar-refractivity contribution is 14.0. The summed E-state index contributed by atoms with van der Waals surface area (Å²) in [7, 11) is 11.2. The highest BCUT2D eigenvalue weighted by Crippen LogP contribution is 2.27. The van der Waals surface area contributed by atoms with Crippen molar-refractivity contribution in [3.63, 3.8) is 0 Å². The third kappa shape index (κ3) is 8.74. The van der Waals surface area contributed by atoms with Gasteiger partial charge in [0.1, 0.15) is 12.4 Å². The number of nitrogens with zero attached hydrogens (tertiary/aromatic N) is 3. The molecule has 0 aliphatic heterocycles. The molecule has 1 N–H and O–H groups in total. The number of methoxy groups -OCH3 is 2. The maximum Gasteiger partial charge on any atom is 0.193 e. The van der Waals surface area contributed by atoms with Crippen LogP contribution in [0.5, 0.6) is 17.2 Å². The van der Waals surface area contributed by atoms with E-state index in [9.17, 15) is 0 Å². The Morgan fingerprint density at radius 1 is 0.938 bits per heavy atom. The van der Waals surface area contributed by atoms with Gasteiger partial charge in [-0.15, -0.1) is 24.0 Å². The Kier molecular flexibility index (Phi) is 12.9. The summed E-state index contributed by atoms with van der Waals surface area (Å²) in [6.07, 6.45) is 0.863. The smallest absolute Gasteiger partial charge is 0.193 e. The molecule has 0 bridgehead atoms. The van der Waals surface area contributed by atoms with Crippen molar-refractivity contribution < 1.29 is 14.2 Å². The van der Waals surface area contributed by atoms with E-state index in [1.165, 1.54) is 5.56 Å². The van der Waals surface area contributed by atoms with E-state index in [1.54, 1.807) is 21.3 Å². The molecule has 7 nitrogen and oxygen atoms in total. The maximum atomic E-state index is 5.96. The van der Waals surface area contributed by atoms with Crippen LogP contribution in [0.1, 0.15) is 11.1 Å². The quantitative estimate of drug-likeness (QED) is 0.260. The topological polar surface area (TPSA) is 58.6 Å². The first-order chi connectivity index (χ1) is 15.0. The highest BCUT2D eigenvalue weighted by atomic mass is 127. The molecule has 0 fully saturated rings. The molecule has 0 heterocycles. The summed E-state index contributed by atoms with van der Waals surface area (Å²) in [6, 6.07) is 14.1. The second-order valence-corrected chi connectivity index (χ2v) is 7.52. The van der Waals surface area contributed by atoms with Crippen molar-refractivity contribution in [2.45, 2.75) is 13.0 Å². The fourth-order valence-electron chi connectivity index (χ4n) is 3.13. The predicted octanol–water partition coefficient (Wildman–Crippen LogP) is 3.51. The van der Waals surface area contributed by atoms with Gasteiger partial charge < -0.3 is 29.3 Å². The summed E-state index contributed by atoms with van der Waals surface area (Å²) in [6.45, 7) is 2.99. The fraction of sp³-hybridized carbons (Fsp3) is 0.458. The molecule has 0 amide bonds. The second-order valence-electron chi connectivity index (χ2n) is 7.52. The molecule has 0 unspecified atom stereocenters. The largest absolute Gasteiger partial charge is 0.493 e. The number of hydrogen-bond acceptors (Lipinski definition) is 5. The molecule has 32 heavy (non-hydrogen) atoms. The highest BCUT2D eigenvalue weighted by Gasteiger charge is 2.10. The third-order valence-corrected chi connectivity index (χ3v) is 4.96. The Labute approximate surface area is 209 Å². The molecule has 0 saturated heterocycles. The number of benzene rings is 2. The number of ether oxygens (including phenoxy) is 3. The van der Waals surface area contributed by atoms with Gasteiger partial charge in [-0.25, -0.2) is 0 Å². The first kappa shape index (κ1) is 27.8. The number of nitrogens with one attached hydrogen (secondary N) is 1. The van der Waals surface area contributed by atoms with E-state index < -0.39 is 0 Å². The van der Waals surface area contributed by atoms with Crippen LogP contribution >= 0.6 is 24.0 Å². The van der Waals surface area contributed by atoms with Gasteiger partial charge in [0.15, 0.2) is 17.5 Å². The van der Waals surface area contributed by atoms with Crippen molar-refractivity contribution in [1.29, 1.82) is 0 Å². The van der Waals surface area contributed by atoms with E-state index >= 15 is 0 Å². The van der Waals surface area contributed by atoms with Crippen LogP contribution in [0, 0.1) is 0 Å². The molecule has 0 radical (unpaired) electrons. The number of likely N-dealkylation sites (N-methyl/N-ethyl adjacent to an activating group) is 2. The summed E-state index contributed by atoms with van der Waals surface area (Å²) in [5, 5.41) is 3.44. The normalized spacial score (nSPS) is 11.0. The summed E-state index contributed by atoms with van der Waals surface area (Å²) in [5.74, 6) is 3.23. The van der Waals surface area contributed by atoms with Crippen LogP contribution < -0.4 is 19.5 Å². The third-order valence-electron chi connectivity index (χ3n) is 4.96. The molecule has 178 valence electrons. The number of para-hydroxylation sites is 1. The number of rotatable bonds is 11. The van der Waals surface area contributed by atoms with Gasteiger partial charge >= 0.3 is 0 Å². The van der Waals surface area contributed by atoms with Gasteiger partial charge in [0.25, 0.3) is 0 Å². The summed E-state index contributed by atoms with van der Waals surface area (Å²) >= 11 is 0. The molecule has 2 rings (SSSR count). The van der Waals surface area contributed by atoms with Gasteiger partial charge in [0.05, 0.1) is 14.2 Å². The molecule has 0 atom stereocenters. The van der Waals surface area contributed by atoms with Crippen LogP contribution in [0.25, 0.3) is 0 Å². The van der Waals surface area contributed by atoms with E-state index in [1.807, 2.05) is 51.5 Å². The van der Waals surface area contributed by atoms with Crippen molar-refractivity contribution in [2.75, 3.05) is 62.1 Å². The Bertz CT molecular complexity index is 846. The van der Waals surface area contributed by atoms with Crippen molar-refractivity contribution in [3.05, 3.63) is 53.6 Å². The Hall–Kier alpha value is -2.20. The van der Waals surface area contributed by atoms with Gasteiger partial charge in [-0.2, -0.15) is 0 Å². The van der Waals surface area contributed by atoms with Crippen LogP contribution in [-0.4, -0.2) is 77.9 Å². The lowest BCUT2D eigenvalue weighted by atomic mass is 10.1. The van der Waals surface area contributed by atoms with Gasteiger partial charge in [-0.05, 0) is 44.3 Å². The summed E-state index contributed by atoms with van der Waals surface area (Å²) in [4.78, 5) is 8.66. The van der Waals surface area contributed by atoms with E-state index in [2.05, 4.69) is 32.2 Å². The number of hydrogen-bond donors (Lipinski definition) is 1. The first-order valence-corrected chi connectivity index (χ1v) is 10.5. The van der Waals surface area contributed by atoms with Gasteiger partial charge in [-0.1, -0.05) is 24.3 Å². The van der Waals surface area contributed by atoms with Crippen LogP contribution in [0.2, 0.25) is 0 Å². The minimum atomic E-state index is 0. The average Bonchev–Trinajstić information content (AvgIpc) is 2.78. The van der Waals surface area contributed by atoms with Gasteiger partial charge in [-0.3, -0.25) is 4.99 Å². The summed E-state index contributed by atoms with van der Waals surface area (Å²) in [5.41, 5.74) is 2.29. The summed E-state index contributed by atoms with van der Waals surface area (Å²) < 4.78 is 16.7. The lowest BCUT2D eigenvalue weighted by Gasteiger charge is -2.23. The average molecular weight is 556 g/mol. The van der Waals surface area contributed by atoms with Crippen molar-refractivity contribution >= 4 is 29.9 Å². The monoisotopic (exact) mass is 556 g/mol. The minimum Gasteiger partial charge on any atom is -0.493 e. The fourth-order valence-corrected chi connectivity index (χ4v) is 3.13. The van der Waals surface area contributed by atoms with Crippen molar-refractivity contribution in [1.82, 2.24) is 15.1 Å². The Balaban J connectivity index is 0.00000512. The number of guanidine groups is 1. The number of halogens is 1. The molecule has 8 heteroatoms. The molecule has 2 aromatic rings. The van der Waals surface area contributed by atoms with Gasteiger partial charge in [0, 0.05) is 39.3 Å². The van der Waals surface area contributed by atoms with E-state index in [0.717, 1.165) is 48.3 Å². The predicted molar refractivity (Wildman–Crippen MR) is 142 cm³/mol. The zero-order valence-corrected chi connectivity index (χ0v) is 22.4. The van der Waals surface area contributed by atoms with Gasteiger partial charge in [0.2, 0.25) is 0 Å². The molecule has 0 aromatic heterocycles. The van der Waals surface area contributed by atoms with E-state index in [-0.39, 0.29) is 24.0 Å². The van der Waals surface area contributed by atoms with Crippen molar-refractivity contribution in [2.24, 2.45) is 4.99 Å². The molecular weight excluding hydrogens is 519 g/mol. The SMILES string of the molecule is CN=C(NCc1ccccc1OCCN(C)C)N(C)CCc1ccc(OC)c(OC)c1.I. The Morgan fingerprint density at radius 2 is 1.66 bits per heavy atom. The van der Waals surface area contributed by atoms with Crippen LogP contribution in [0.3, 0.4) is 0 Å². The maximum absolute atomic E-state index is 5.96. The lowest BCUT2D eigenvalue weighted by Crippen LogP contribution is -2.39. The van der Waals surface area contributed by atoms with Crippen molar-refractivity contribution in [3.8, 4) is 17.2 Å². The zero-order valence-electron chi connectivity index (χ0n) is 20.1. The molecule has 0 aliphatic carbocycles. The molecule has 0 saturated carbocycles. The number of aliphatic imine (C=N–C) groups is 1. The minimum absolute atomic E-state index is 0. The van der Waals surface area contributed by atoms with Crippen LogP contribution in [-0.2, 0) is 13.0 Å². The Morgan fingerprint density at radius 3 is 2.31 bits per heavy atom. The zero-order chi connectivity index (χ0) is 22.6. The second kappa shape index (κ2) is 14.8. The van der Waals surface area contributed by atoms with E-state index in [4.69, 9.17) is 14.2 Å². The first-order valence-electron chi connectivity index (χ1n) is 10.5. The van der Waals surface area contributed by atoms with Crippen LogP contribution in [0.15, 0.2) is 47.5 Å². The molecule has 0 aliphatic rings. The van der Waals surface area contributed by atoms with Crippen LogP contribution in [0.4, 0.5) is 0 Å². The standard InChI is InChI=1S/C24H36N4O3.HI/c1-25-24(26-18-20-9-7-8-10-21(20)31-16-15-27(2)3)28(4)14-13-19-11-12-22(29-5)23(17-19)30-6;/h7-12,17H,13-16,18H2,1-6H3,(H,25,26);1H. The molecule has 0 spiro atoms. The molecule has 2 aromatic carbocycles. The van der Waals surface area contributed by atoms with E-state index in [0.29, 0.717) is 13.2 Å².